The van der Waals surface area contributed by atoms with E-state index in [2.05, 4.69) is 32.3 Å². The van der Waals surface area contributed by atoms with Crippen LogP contribution in [0.25, 0.3) is 0 Å². The van der Waals surface area contributed by atoms with E-state index >= 15 is 0 Å². The van der Waals surface area contributed by atoms with Crippen molar-refractivity contribution in [3.05, 3.63) is 71.8 Å². The molecule has 144 valence electrons. The highest BCUT2D eigenvalue weighted by atomic mass is 32.1. The van der Waals surface area contributed by atoms with E-state index in [-0.39, 0.29) is 12.1 Å². The first-order valence-electron chi connectivity index (χ1n) is 9.00. The van der Waals surface area contributed by atoms with Crippen molar-refractivity contribution in [3.63, 3.8) is 0 Å². The minimum absolute atomic E-state index is 0.109. The van der Waals surface area contributed by atoms with Gasteiger partial charge in [-0.3, -0.25) is 4.98 Å². The molecule has 2 atom stereocenters. The lowest BCUT2D eigenvalue weighted by molar-refractivity contribution is 0.402. The second kappa shape index (κ2) is 7.52. The number of aromatic amines is 1. The molecule has 3 heterocycles. The first-order chi connectivity index (χ1) is 13.6. The number of rotatable bonds is 5. The molecule has 7 heteroatoms. The topological polar surface area (TPSA) is 62.4 Å². The van der Waals surface area contributed by atoms with Gasteiger partial charge in [-0.05, 0) is 55.5 Å². The average molecular weight is 395 g/mol. The fourth-order valence-corrected chi connectivity index (χ4v) is 3.95. The molecule has 0 radical (unpaired) electrons. The molecule has 1 saturated heterocycles. The molecule has 0 amide bonds. The SMILES string of the molecule is COc1ccc(OC)c(N2C(=S)NC(c3ccccn3)C2c2ccc(C)[nH]2)c1. The number of aromatic nitrogens is 2. The van der Waals surface area contributed by atoms with Crippen molar-refractivity contribution >= 4 is 23.0 Å². The average Bonchev–Trinajstić information content (AvgIpc) is 3.30. The van der Waals surface area contributed by atoms with Gasteiger partial charge in [0.1, 0.15) is 17.5 Å². The Labute approximate surface area is 169 Å². The number of hydrogen-bond acceptors (Lipinski definition) is 4. The van der Waals surface area contributed by atoms with E-state index in [0.29, 0.717) is 5.11 Å². The Morgan fingerprint density at radius 3 is 2.57 bits per heavy atom. The molecule has 4 rings (SSSR count). The van der Waals surface area contributed by atoms with Crippen molar-refractivity contribution in [1.82, 2.24) is 15.3 Å². The van der Waals surface area contributed by atoms with Crippen molar-refractivity contribution in [2.45, 2.75) is 19.0 Å². The summed E-state index contributed by atoms with van der Waals surface area (Å²) in [4.78, 5) is 10.1. The highest BCUT2D eigenvalue weighted by molar-refractivity contribution is 7.80. The molecule has 2 unspecified atom stereocenters. The molecule has 1 aliphatic heterocycles. The zero-order valence-corrected chi connectivity index (χ0v) is 16.8. The molecule has 0 aliphatic carbocycles. The molecule has 28 heavy (non-hydrogen) atoms. The maximum atomic E-state index is 5.75. The van der Waals surface area contributed by atoms with E-state index in [4.69, 9.17) is 21.7 Å². The summed E-state index contributed by atoms with van der Waals surface area (Å²) in [5, 5.41) is 4.05. The Bertz CT molecular complexity index is 989. The van der Waals surface area contributed by atoms with Crippen LogP contribution in [0.2, 0.25) is 0 Å². The molecule has 6 nitrogen and oxygen atoms in total. The van der Waals surface area contributed by atoms with Crippen LogP contribution in [0.1, 0.15) is 29.2 Å². The van der Waals surface area contributed by atoms with Gasteiger partial charge in [0.15, 0.2) is 5.11 Å². The van der Waals surface area contributed by atoms with Gasteiger partial charge in [0.05, 0.1) is 31.6 Å². The largest absolute Gasteiger partial charge is 0.497 e. The maximum absolute atomic E-state index is 5.75. The van der Waals surface area contributed by atoms with Crippen LogP contribution in [-0.2, 0) is 0 Å². The van der Waals surface area contributed by atoms with Crippen LogP contribution >= 0.6 is 12.2 Å². The third kappa shape index (κ3) is 3.18. The van der Waals surface area contributed by atoms with Crippen molar-refractivity contribution in [1.29, 1.82) is 0 Å². The highest BCUT2D eigenvalue weighted by Gasteiger charge is 2.42. The fourth-order valence-electron chi connectivity index (χ4n) is 3.61. The summed E-state index contributed by atoms with van der Waals surface area (Å²) in [6.45, 7) is 2.04. The summed E-state index contributed by atoms with van der Waals surface area (Å²) in [5.41, 5.74) is 3.90. The summed E-state index contributed by atoms with van der Waals surface area (Å²) in [7, 11) is 3.30. The standard InChI is InChI=1S/C21H22N4O2S/c1-13-7-9-16(23-13)20-19(15-6-4-5-11-22-15)24-21(28)25(20)17-12-14(26-2)8-10-18(17)27-3/h4-12,19-20,23H,1-3H3,(H,24,28). The van der Waals surface area contributed by atoms with Crippen LogP contribution in [0.4, 0.5) is 5.69 Å². The molecule has 1 fully saturated rings. The molecule has 0 spiro atoms. The van der Waals surface area contributed by atoms with E-state index in [1.54, 1.807) is 20.4 Å². The summed E-state index contributed by atoms with van der Waals surface area (Å²) >= 11 is 5.75. The summed E-state index contributed by atoms with van der Waals surface area (Å²) in [6, 6.07) is 15.5. The predicted molar refractivity (Wildman–Crippen MR) is 113 cm³/mol. The zero-order valence-electron chi connectivity index (χ0n) is 16.0. The van der Waals surface area contributed by atoms with Crippen molar-refractivity contribution < 1.29 is 9.47 Å². The van der Waals surface area contributed by atoms with Gasteiger partial charge in [-0.15, -0.1) is 0 Å². The molecule has 2 aromatic heterocycles. The molecule has 2 N–H and O–H groups in total. The number of ether oxygens (including phenoxy) is 2. The van der Waals surface area contributed by atoms with Crippen molar-refractivity contribution in [2.75, 3.05) is 19.1 Å². The molecule has 0 saturated carbocycles. The molecular formula is C21H22N4O2S. The van der Waals surface area contributed by atoms with Gasteiger partial charge in [-0.2, -0.15) is 0 Å². The summed E-state index contributed by atoms with van der Waals surface area (Å²) in [6.07, 6.45) is 1.80. The van der Waals surface area contributed by atoms with E-state index in [1.165, 1.54) is 0 Å². The predicted octanol–water partition coefficient (Wildman–Crippen LogP) is 3.91. The van der Waals surface area contributed by atoms with Crippen LogP contribution in [0.15, 0.2) is 54.7 Å². The van der Waals surface area contributed by atoms with Crippen LogP contribution < -0.4 is 19.7 Å². The van der Waals surface area contributed by atoms with Gasteiger partial charge < -0.3 is 24.7 Å². The molecule has 1 aliphatic rings. The quantitative estimate of drug-likeness (QED) is 0.640. The van der Waals surface area contributed by atoms with Gasteiger partial charge >= 0.3 is 0 Å². The fraction of sp³-hybridized carbons (Fsp3) is 0.238. The Hall–Kier alpha value is -3.06. The third-order valence-electron chi connectivity index (χ3n) is 4.92. The van der Waals surface area contributed by atoms with Crippen LogP contribution in [0.3, 0.4) is 0 Å². The lowest BCUT2D eigenvalue weighted by Crippen LogP contribution is -2.30. The van der Waals surface area contributed by atoms with Crippen molar-refractivity contribution in [3.8, 4) is 11.5 Å². The van der Waals surface area contributed by atoms with Crippen LogP contribution in [-0.4, -0.2) is 29.3 Å². The van der Waals surface area contributed by atoms with Crippen molar-refractivity contribution in [2.24, 2.45) is 0 Å². The number of nitrogens with one attached hydrogen (secondary N) is 2. The highest BCUT2D eigenvalue weighted by Crippen LogP contribution is 2.45. The van der Waals surface area contributed by atoms with E-state index < -0.39 is 0 Å². The Morgan fingerprint density at radius 2 is 1.93 bits per heavy atom. The Kier molecular flexibility index (Phi) is 4.92. The number of benzene rings is 1. The Balaban J connectivity index is 1.87. The number of nitrogens with zero attached hydrogens (tertiary/aromatic N) is 2. The van der Waals surface area contributed by atoms with Gasteiger partial charge in [0.25, 0.3) is 0 Å². The number of anilines is 1. The lowest BCUT2D eigenvalue weighted by atomic mass is 10.0. The second-order valence-corrected chi connectivity index (χ2v) is 7.02. The first-order valence-corrected chi connectivity index (χ1v) is 9.41. The minimum atomic E-state index is -0.114. The number of thiocarbonyl (C=S) groups is 1. The number of aryl methyl sites for hydroxylation is 1. The van der Waals surface area contributed by atoms with Gasteiger partial charge in [-0.25, -0.2) is 0 Å². The smallest absolute Gasteiger partial charge is 0.174 e. The molecule has 1 aromatic carbocycles. The first kappa shape index (κ1) is 18.3. The minimum Gasteiger partial charge on any atom is -0.497 e. The molecular weight excluding hydrogens is 372 g/mol. The molecule has 3 aromatic rings. The van der Waals surface area contributed by atoms with E-state index in [9.17, 15) is 0 Å². The number of H-pyrrole nitrogens is 1. The van der Waals surface area contributed by atoms with Crippen LogP contribution in [0, 0.1) is 6.92 Å². The maximum Gasteiger partial charge on any atom is 0.174 e. The van der Waals surface area contributed by atoms with E-state index in [1.807, 2.05) is 43.3 Å². The number of hydrogen-bond donors (Lipinski definition) is 2. The van der Waals surface area contributed by atoms with Gasteiger partial charge in [0.2, 0.25) is 0 Å². The second-order valence-electron chi connectivity index (χ2n) is 6.63. The number of pyridine rings is 1. The van der Waals surface area contributed by atoms with Crippen LogP contribution in [0.5, 0.6) is 11.5 Å². The summed E-state index contributed by atoms with van der Waals surface area (Å²) in [5.74, 6) is 1.46. The number of methoxy groups -OCH3 is 2. The van der Waals surface area contributed by atoms with Gasteiger partial charge in [-0.1, -0.05) is 6.07 Å². The normalized spacial score (nSPS) is 18.8. The Morgan fingerprint density at radius 1 is 1.07 bits per heavy atom. The monoisotopic (exact) mass is 394 g/mol. The van der Waals surface area contributed by atoms with Gasteiger partial charge in [0, 0.05) is 23.7 Å². The third-order valence-corrected chi connectivity index (χ3v) is 5.23. The lowest BCUT2D eigenvalue weighted by Gasteiger charge is -2.28. The van der Waals surface area contributed by atoms with E-state index in [0.717, 1.165) is 34.3 Å². The molecule has 0 bridgehead atoms. The zero-order chi connectivity index (χ0) is 19.7. The summed E-state index contributed by atoms with van der Waals surface area (Å²) < 4.78 is 11.1.